The van der Waals surface area contributed by atoms with Crippen molar-refractivity contribution in [3.8, 4) is 11.5 Å². The first-order valence-corrected chi connectivity index (χ1v) is 7.42. The maximum Gasteiger partial charge on any atom is 0.231 e. The SMILES string of the molecule is CCN(C(C)C)C(CN)c1cc(Br)c2c(c1)OCO2. The summed E-state index contributed by atoms with van der Waals surface area (Å²) in [4.78, 5) is 2.38. The number of rotatable bonds is 5. The van der Waals surface area contributed by atoms with E-state index in [0.717, 1.165) is 28.1 Å². The van der Waals surface area contributed by atoms with E-state index in [-0.39, 0.29) is 12.8 Å². The number of hydrogen-bond donors (Lipinski definition) is 1. The fourth-order valence-corrected chi connectivity index (χ4v) is 3.16. The molecular formula is C14H21BrN2O2. The molecule has 2 rings (SSSR count). The molecule has 19 heavy (non-hydrogen) atoms. The van der Waals surface area contributed by atoms with Crippen molar-refractivity contribution in [2.24, 2.45) is 5.73 Å². The van der Waals surface area contributed by atoms with E-state index >= 15 is 0 Å². The van der Waals surface area contributed by atoms with Gasteiger partial charge in [-0.15, -0.1) is 0 Å². The molecule has 1 aromatic carbocycles. The van der Waals surface area contributed by atoms with Crippen molar-refractivity contribution in [1.29, 1.82) is 0 Å². The summed E-state index contributed by atoms with van der Waals surface area (Å²) in [7, 11) is 0. The van der Waals surface area contributed by atoms with Crippen molar-refractivity contribution >= 4 is 15.9 Å². The van der Waals surface area contributed by atoms with Crippen LogP contribution in [0.5, 0.6) is 11.5 Å². The van der Waals surface area contributed by atoms with Crippen LogP contribution in [0.3, 0.4) is 0 Å². The van der Waals surface area contributed by atoms with Crippen molar-refractivity contribution < 1.29 is 9.47 Å². The Morgan fingerprint density at radius 3 is 2.68 bits per heavy atom. The van der Waals surface area contributed by atoms with Gasteiger partial charge in [0.05, 0.1) is 4.47 Å². The molecule has 0 aromatic heterocycles. The van der Waals surface area contributed by atoms with Crippen LogP contribution in [0.15, 0.2) is 16.6 Å². The molecule has 1 unspecified atom stereocenters. The number of hydrogen-bond acceptors (Lipinski definition) is 4. The fraction of sp³-hybridized carbons (Fsp3) is 0.571. The van der Waals surface area contributed by atoms with Gasteiger partial charge in [-0.3, -0.25) is 4.90 Å². The molecule has 1 aromatic rings. The number of likely N-dealkylation sites (N-methyl/N-ethyl adjacent to an activating group) is 1. The van der Waals surface area contributed by atoms with Crippen molar-refractivity contribution in [2.75, 3.05) is 19.9 Å². The van der Waals surface area contributed by atoms with Crippen LogP contribution in [0.4, 0.5) is 0 Å². The van der Waals surface area contributed by atoms with E-state index in [2.05, 4.69) is 47.7 Å². The molecule has 1 heterocycles. The van der Waals surface area contributed by atoms with E-state index in [1.165, 1.54) is 0 Å². The van der Waals surface area contributed by atoms with Crippen LogP contribution in [0.25, 0.3) is 0 Å². The third kappa shape index (κ3) is 2.88. The molecular weight excluding hydrogens is 308 g/mol. The predicted molar refractivity (Wildman–Crippen MR) is 79.6 cm³/mol. The van der Waals surface area contributed by atoms with Crippen LogP contribution in [0.2, 0.25) is 0 Å². The highest BCUT2D eigenvalue weighted by atomic mass is 79.9. The van der Waals surface area contributed by atoms with E-state index in [4.69, 9.17) is 15.2 Å². The minimum atomic E-state index is 0.191. The van der Waals surface area contributed by atoms with E-state index in [1.54, 1.807) is 0 Å². The van der Waals surface area contributed by atoms with Crippen LogP contribution >= 0.6 is 15.9 Å². The van der Waals surface area contributed by atoms with Gasteiger partial charge in [-0.05, 0) is 54.0 Å². The number of benzene rings is 1. The average molecular weight is 329 g/mol. The minimum absolute atomic E-state index is 0.191. The lowest BCUT2D eigenvalue weighted by Gasteiger charge is -2.33. The first-order valence-electron chi connectivity index (χ1n) is 6.63. The first-order chi connectivity index (χ1) is 9.08. The highest BCUT2D eigenvalue weighted by molar-refractivity contribution is 9.10. The van der Waals surface area contributed by atoms with Crippen LogP contribution in [0.1, 0.15) is 32.4 Å². The molecule has 0 aliphatic carbocycles. The zero-order valence-electron chi connectivity index (χ0n) is 11.6. The average Bonchev–Trinajstić information content (AvgIpc) is 2.83. The first kappa shape index (κ1) is 14.6. The summed E-state index contributed by atoms with van der Waals surface area (Å²) in [6.45, 7) is 8.36. The molecule has 5 heteroatoms. The van der Waals surface area contributed by atoms with Crippen LogP contribution in [-0.2, 0) is 0 Å². The van der Waals surface area contributed by atoms with Gasteiger partial charge in [-0.2, -0.15) is 0 Å². The molecule has 0 fully saturated rings. The molecule has 1 aliphatic heterocycles. The summed E-state index contributed by atoms with van der Waals surface area (Å²) in [6, 6.07) is 4.75. The minimum Gasteiger partial charge on any atom is -0.454 e. The van der Waals surface area contributed by atoms with Crippen molar-refractivity contribution in [3.05, 3.63) is 22.2 Å². The number of fused-ring (bicyclic) bond motifs is 1. The van der Waals surface area contributed by atoms with Gasteiger partial charge in [0.25, 0.3) is 0 Å². The molecule has 0 spiro atoms. The van der Waals surface area contributed by atoms with E-state index in [0.29, 0.717) is 12.6 Å². The molecule has 0 saturated carbocycles. The Kier molecular flexibility index (Phi) is 4.71. The third-order valence-corrected chi connectivity index (χ3v) is 4.08. The highest BCUT2D eigenvalue weighted by Gasteiger charge is 2.25. The molecule has 1 atom stereocenters. The standard InChI is InChI=1S/C14H21BrN2O2/c1-4-17(9(2)3)12(7-16)10-5-11(15)14-13(6-10)18-8-19-14/h5-6,9,12H,4,7-8,16H2,1-3H3. The van der Waals surface area contributed by atoms with E-state index < -0.39 is 0 Å². The molecule has 4 nitrogen and oxygen atoms in total. The molecule has 0 radical (unpaired) electrons. The maximum atomic E-state index is 5.99. The predicted octanol–water partition coefficient (Wildman–Crippen LogP) is 2.91. The molecule has 2 N–H and O–H groups in total. The monoisotopic (exact) mass is 328 g/mol. The maximum absolute atomic E-state index is 5.99. The molecule has 1 aliphatic rings. The normalized spacial score (nSPS) is 15.3. The highest BCUT2D eigenvalue weighted by Crippen LogP contribution is 2.42. The Labute approximate surface area is 123 Å². The van der Waals surface area contributed by atoms with Gasteiger partial charge in [0.15, 0.2) is 11.5 Å². The number of nitrogens with two attached hydrogens (primary N) is 1. The number of halogens is 1. The number of ether oxygens (including phenoxy) is 2. The second kappa shape index (κ2) is 6.11. The molecule has 0 amide bonds. The Morgan fingerprint density at radius 2 is 2.11 bits per heavy atom. The second-order valence-electron chi connectivity index (χ2n) is 4.91. The Balaban J connectivity index is 2.36. The third-order valence-electron chi connectivity index (χ3n) is 3.49. The smallest absolute Gasteiger partial charge is 0.231 e. The summed E-state index contributed by atoms with van der Waals surface area (Å²) in [5, 5.41) is 0. The largest absolute Gasteiger partial charge is 0.454 e. The Morgan fingerprint density at radius 1 is 1.37 bits per heavy atom. The summed E-state index contributed by atoms with van der Waals surface area (Å²) >= 11 is 3.54. The van der Waals surface area contributed by atoms with Gasteiger partial charge in [-0.1, -0.05) is 6.92 Å². The summed E-state index contributed by atoms with van der Waals surface area (Å²) in [6.07, 6.45) is 0. The van der Waals surface area contributed by atoms with Crippen molar-refractivity contribution in [1.82, 2.24) is 4.90 Å². The van der Waals surface area contributed by atoms with Crippen LogP contribution < -0.4 is 15.2 Å². The Bertz CT molecular complexity index is 451. The lowest BCUT2D eigenvalue weighted by molar-refractivity contribution is 0.165. The quantitative estimate of drug-likeness (QED) is 0.902. The fourth-order valence-electron chi connectivity index (χ4n) is 2.59. The zero-order valence-corrected chi connectivity index (χ0v) is 13.2. The van der Waals surface area contributed by atoms with E-state index in [9.17, 15) is 0 Å². The zero-order chi connectivity index (χ0) is 14.0. The second-order valence-corrected chi connectivity index (χ2v) is 5.77. The van der Waals surface area contributed by atoms with Crippen LogP contribution in [-0.4, -0.2) is 30.8 Å². The van der Waals surface area contributed by atoms with Gasteiger partial charge in [0.2, 0.25) is 6.79 Å². The van der Waals surface area contributed by atoms with Gasteiger partial charge >= 0.3 is 0 Å². The summed E-state index contributed by atoms with van der Waals surface area (Å²) in [5.41, 5.74) is 7.15. The molecule has 0 bridgehead atoms. The molecule has 106 valence electrons. The topological polar surface area (TPSA) is 47.7 Å². The van der Waals surface area contributed by atoms with Crippen molar-refractivity contribution in [3.63, 3.8) is 0 Å². The molecule has 0 saturated heterocycles. The lowest BCUT2D eigenvalue weighted by Crippen LogP contribution is -2.38. The van der Waals surface area contributed by atoms with Gasteiger partial charge < -0.3 is 15.2 Å². The summed E-state index contributed by atoms with van der Waals surface area (Å²) < 4.78 is 11.8. The van der Waals surface area contributed by atoms with E-state index in [1.807, 2.05) is 6.07 Å². The summed E-state index contributed by atoms with van der Waals surface area (Å²) in [5.74, 6) is 1.58. The Hall–Kier alpha value is -0.780. The van der Waals surface area contributed by atoms with Crippen molar-refractivity contribution in [2.45, 2.75) is 32.9 Å². The van der Waals surface area contributed by atoms with Gasteiger partial charge in [0, 0.05) is 18.6 Å². The van der Waals surface area contributed by atoms with Gasteiger partial charge in [-0.25, -0.2) is 0 Å². The van der Waals surface area contributed by atoms with Crippen LogP contribution in [0, 0.1) is 0 Å². The number of nitrogens with zero attached hydrogens (tertiary/aromatic N) is 1. The van der Waals surface area contributed by atoms with Gasteiger partial charge in [0.1, 0.15) is 0 Å². The lowest BCUT2D eigenvalue weighted by atomic mass is 10.0.